The summed E-state index contributed by atoms with van der Waals surface area (Å²) >= 11 is 2.16. The van der Waals surface area contributed by atoms with E-state index < -0.39 is 0 Å². The summed E-state index contributed by atoms with van der Waals surface area (Å²) in [6, 6.07) is 1.95. The molecule has 0 atom stereocenters. The van der Waals surface area contributed by atoms with E-state index in [-0.39, 0.29) is 0 Å². The van der Waals surface area contributed by atoms with Crippen LogP contribution < -0.4 is 10.6 Å². The van der Waals surface area contributed by atoms with Gasteiger partial charge < -0.3 is 15.4 Å². The Kier molecular flexibility index (Phi) is 3.02. The lowest BCUT2D eigenvalue weighted by atomic mass is 10.4. The first kappa shape index (κ1) is 9.91. The first-order chi connectivity index (χ1) is 6.77. The first-order valence-electron chi connectivity index (χ1n) is 4.39. The molecule has 0 aromatic carbocycles. The summed E-state index contributed by atoms with van der Waals surface area (Å²) in [6.07, 6.45) is 0. The number of aromatic nitrogens is 2. The number of ether oxygens (including phenoxy) is 1. The fourth-order valence-corrected chi connectivity index (χ4v) is 1.70. The van der Waals surface area contributed by atoms with Crippen LogP contribution in [0.15, 0.2) is 6.07 Å². The zero-order chi connectivity index (χ0) is 9.97. The molecule has 5 nitrogen and oxygen atoms in total. The van der Waals surface area contributed by atoms with Gasteiger partial charge in [0.1, 0.15) is 0 Å². The van der Waals surface area contributed by atoms with Gasteiger partial charge in [0.15, 0.2) is 11.6 Å². The highest BCUT2D eigenvalue weighted by molar-refractivity contribution is 14.1. The molecule has 2 rings (SSSR count). The van der Waals surface area contributed by atoms with E-state index in [4.69, 9.17) is 10.5 Å². The molecule has 0 spiro atoms. The molecule has 0 amide bonds. The lowest BCUT2D eigenvalue weighted by Gasteiger charge is -2.27. The zero-order valence-corrected chi connectivity index (χ0v) is 9.77. The van der Waals surface area contributed by atoms with E-state index >= 15 is 0 Å². The Morgan fingerprint density at radius 3 is 2.71 bits per heavy atom. The molecule has 0 saturated carbocycles. The van der Waals surface area contributed by atoms with Gasteiger partial charge in [0.05, 0.1) is 16.8 Å². The molecule has 2 N–H and O–H groups in total. The van der Waals surface area contributed by atoms with Crippen molar-refractivity contribution in [2.24, 2.45) is 0 Å². The standard InChI is InChI=1S/C8H11IN4O/c9-6-5-7(11-12-8(6)10)13-1-3-14-4-2-13/h5H,1-4H2,(H2,10,12). The largest absolute Gasteiger partial charge is 0.381 e. The van der Waals surface area contributed by atoms with Crippen molar-refractivity contribution in [1.82, 2.24) is 10.2 Å². The van der Waals surface area contributed by atoms with Crippen molar-refractivity contribution in [2.45, 2.75) is 0 Å². The van der Waals surface area contributed by atoms with Gasteiger partial charge in [-0.2, -0.15) is 0 Å². The van der Waals surface area contributed by atoms with Gasteiger partial charge in [-0.3, -0.25) is 0 Å². The number of anilines is 2. The highest BCUT2D eigenvalue weighted by Crippen LogP contribution is 2.18. The molecule has 0 radical (unpaired) electrons. The molecule has 1 saturated heterocycles. The number of rotatable bonds is 1. The SMILES string of the molecule is Nc1nnc(N2CCOCC2)cc1I. The molecule has 1 fully saturated rings. The molecule has 1 aromatic rings. The van der Waals surface area contributed by atoms with E-state index in [1.54, 1.807) is 0 Å². The molecule has 1 aliphatic heterocycles. The summed E-state index contributed by atoms with van der Waals surface area (Å²) in [4.78, 5) is 2.15. The van der Waals surface area contributed by atoms with Crippen LogP contribution in [0.3, 0.4) is 0 Å². The van der Waals surface area contributed by atoms with Crippen LogP contribution in [0.2, 0.25) is 0 Å². The molecule has 0 unspecified atom stereocenters. The fraction of sp³-hybridized carbons (Fsp3) is 0.500. The highest BCUT2D eigenvalue weighted by atomic mass is 127. The minimum Gasteiger partial charge on any atom is -0.381 e. The Balaban J connectivity index is 2.18. The third-order valence-electron chi connectivity index (χ3n) is 2.10. The van der Waals surface area contributed by atoms with Crippen molar-refractivity contribution in [3.05, 3.63) is 9.64 Å². The number of morpholine rings is 1. The van der Waals surface area contributed by atoms with Gasteiger partial charge in [-0.25, -0.2) is 0 Å². The Morgan fingerprint density at radius 2 is 2.07 bits per heavy atom. The van der Waals surface area contributed by atoms with Crippen LogP contribution in [0.5, 0.6) is 0 Å². The number of halogens is 1. The summed E-state index contributed by atoms with van der Waals surface area (Å²) in [6.45, 7) is 3.24. The summed E-state index contributed by atoms with van der Waals surface area (Å²) < 4.78 is 6.20. The van der Waals surface area contributed by atoms with Gasteiger partial charge in [-0.1, -0.05) is 0 Å². The van der Waals surface area contributed by atoms with E-state index in [2.05, 4.69) is 37.7 Å². The minimum atomic E-state index is 0.489. The van der Waals surface area contributed by atoms with Crippen LogP contribution >= 0.6 is 22.6 Å². The second kappa shape index (κ2) is 4.26. The molecule has 1 aliphatic rings. The maximum Gasteiger partial charge on any atom is 0.159 e. The maximum absolute atomic E-state index is 5.59. The minimum absolute atomic E-state index is 0.489. The number of nitrogens with zero attached hydrogens (tertiary/aromatic N) is 3. The van der Waals surface area contributed by atoms with E-state index in [1.165, 1.54) is 0 Å². The zero-order valence-electron chi connectivity index (χ0n) is 7.61. The van der Waals surface area contributed by atoms with Crippen molar-refractivity contribution in [3.63, 3.8) is 0 Å². The van der Waals surface area contributed by atoms with Crippen molar-refractivity contribution >= 4 is 34.2 Å². The van der Waals surface area contributed by atoms with Crippen LogP contribution in [0.25, 0.3) is 0 Å². The maximum atomic E-state index is 5.59. The monoisotopic (exact) mass is 306 g/mol. The van der Waals surface area contributed by atoms with Crippen molar-refractivity contribution in [3.8, 4) is 0 Å². The van der Waals surface area contributed by atoms with Crippen LogP contribution in [0.1, 0.15) is 0 Å². The van der Waals surface area contributed by atoms with Gasteiger partial charge in [-0.15, -0.1) is 10.2 Å². The van der Waals surface area contributed by atoms with E-state index in [9.17, 15) is 0 Å². The third kappa shape index (κ3) is 2.06. The van der Waals surface area contributed by atoms with Crippen molar-refractivity contribution in [1.29, 1.82) is 0 Å². The van der Waals surface area contributed by atoms with Gasteiger partial charge in [0.25, 0.3) is 0 Å². The first-order valence-corrected chi connectivity index (χ1v) is 5.46. The molecule has 14 heavy (non-hydrogen) atoms. The lowest BCUT2D eigenvalue weighted by molar-refractivity contribution is 0.122. The predicted molar refractivity (Wildman–Crippen MR) is 62.2 cm³/mol. The summed E-state index contributed by atoms with van der Waals surface area (Å²) in [5.41, 5.74) is 5.59. The molecule has 0 bridgehead atoms. The van der Waals surface area contributed by atoms with Crippen molar-refractivity contribution < 1.29 is 4.74 Å². The summed E-state index contributed by atoms with van der Waals surface area (Å²) in [5.74, 6) is 1.37. The molecule has 2 heterocycles. The van der Waals surface area contributed by atoms with Gasteiger partial charge in [0.2, 0.25) is 0 Å². The number of hydrogen-bond acceptors (Lipinski definition) is 5. The topological polar surface area (TPSA) is 64.3 Å². The van der Waals surface area contributed by atoms with E-state index in [0.717, 1.165) is 35.7 Å². The number of nitrogens with two attached hydrogens (primary N) is 1. The smallest absolute Gasteiger partial charge is 0.159 e. The number of nitrogen functional groups attached to an aromatic ring is 1. The average Bonchev–Trinajstić information content (AvgIpc) is 2.23. The Hall–Kier alpha value is -0.630. The Labute approximate surface area is 95.8 Å². The Morgan fingerprint density at radius 1 is 1.36 bits per heavy atom. The van der Waals surface area contributed by atoms with Crippen LogP contribution in [-0.4, -0.2) is 36.5 Å². The predicted octanol–water partition coefficient (Wildman–Crippen LogP) is 0.500. The van der Waals surface area contributed by atoms with Crippen LogP contribution in [-0.2, 0) is 4.74 Å². The lowest BCUT2D eigenvalue weighted by Crippen LogP contribution is -2.37. The molecule has 6 heteroatoms. The quantitative estimate of drug-likeness (QED) is 0.766. The second-order valence-electron chi connectivity index (χ2n) is 3.04. The molecular weight excluding hydrogens is 295 g/mol. The number of hydrogen-bond donors (Lipinski definition) is 1. The summed E-state index contributed by atoms with van der Waals surface area (Å²) in [7, 11) is 0. The summed E-state index contributed by atoms with van der Waals surface area (Å²) in [5, 5.41) is 7.94. The fourth-order valence-electron chi connectivity index (χ4n) is 1.32. The molecule has 1 aromatic heterocycles. The molecule has 0 aliphatic carbocycles. The molecular formula is C8H11IN4O. The second-order valence-corrected chi connectivity index (χ2v) is 4.20. The van der Waals surface area contributed by atoms with Crippen LogP contribution in [0.4, 0.5) is 11.6 Å². The normalized spacial score (nSPS) is 17.1. The Bertz CT molecular complexity index is 327. The van der Waals surface area contributed by atoms with Gasteiger partial charge >= 0.3 is 0 Å². The average molecular weight is 306 g/mol. The highest BCUT2D eigenvalue weighted by Gasteiger charge is 2.13. The van der Waals surface area contributed by atoms with Gasteiger partial charge in [-0.05, 0) is 28.7 Å². The van der Waals surface area contributed by atoms with Crippen LogP contribution in [0, 0.1) is 3.57 Å². The van der Waals surface area contributed by atoms with Crippen molar-refractivity contribution in [2.75, 3.05) is 36.9 Å². The molecule has 76 valence electrons. The van der Waals surface area contributed by atoms with Gasteiger partial charge in [0, 0.05) is 13.1 Å². The third-order valence-corrected chi connectivity index (χ3v) is 2.96. The van der Waals surface area contributed by atoms with E-state index in [1.807, 2.05) is 6.07 Å². The van der Waals surface area contributed by atoms with E-state index in [0.29, 0.717) is 5.82 Å².